The Bertz CT molecular complexity index is 1130. The highest BCUT2D eigenvalue weighted by atomic mass is 19.1. The molecule has 1 aromatic carbocycles. The predicted molar refractivity (Wildman–Crippen MR) is 109 cm³/mol. The number of aldehydes is 1. The summed E-state index contributed by atoms with van der Waals surface area (Å²) < 4.78 is 21.0. The minimum absolute atomic E-state index is 0.00407. The van der Waals surface area contributed by atoms with Crippen LogP contribution in [0.3, 0.4) is 0 Å². The van der Waals surface area contributed by atoms with E-state index in [4.69, 9.17) is 4.74 Å². The summed E-state index contributed by atoms with van der Waals surface area (Å²) >= 11 is 0. The third-order valence-electron chi connectivity index (χ3n) is 4.39. The number of aryl methyl sites for hydroxylation is 1. The molecule has 0 aliphatic carbocycles. The van der Waals surface area contributed by atoms with Gasteiger partial charge in [-0.05, 0) is 12.5 Å². The Balaban J connectivity index is 2.05. The molecule has 2 aromatic heterocycles. The normalized spacial score (nSPS) is 10.6. The van der Waals surface area contributed by atoms with Crippen molar-refractivity contribution in [3.8, 4) is 11.6 Å². The second-order valence-electron chi connectivity index (χ2n) is 6.60. The summed E-state index contributed by atoms with van der Waals surface area (Å²) in [7, 11) is 4.78. The highest BCUT2D eigenvalue weighted by molar-refractivity contribution is 5.77. The summed E-state index contributed by atoms with van der Waals surface area (Å²) in [6, 6.07) is 2.81. The molecular weight excluding hydrogens is 395 g/mol. The van der Waals surface area contributed by atoms with E-state index >= 15 is 0 Å². The van der Waals surface area contributed by atoms with Crippen LogP contribution >= 0.6 is 0 Å². The van der Waals surface area contributed by atoms with E-state index in [0.29, 0.717) is 28.8 Å². The summed E-state index contributed by atoms with van der Waals surface area (Å²) in [4.78, 5) is 31.7. The molecule has 30 heavy (non-hydrogen) atoms. The van der Waals surface area contributed by atoms with Crippen molar-refractivity contribution < 1.29 is 18.8 Å². The van der Waals surface area contributed by atoms with Gasteiger partial charge in [0.05, 0.1) is 23.9 Å². The van der Waals surface area contributed by atoms with E-state index in [1.807, 2.05) is 0 Å². The topological polar surface area (TPSA) is 115 Å². The van der Waals surface area contributed by atoms with E-state index in [0.717, 1.165) is 6.20 Å². The second-order valence-corrected chi connectivity index (χ2v) is 6.60. The van der Waals surface area contributed by atoms with Crippen molar-refractivity contribution in [2.24, 2.45) is 0 Å². The van der Waals surface area contributed by atoms with Gasteiger partial charge in [-0.2, -0.15) is 4.98 Å². The molecule has 11 heteroatoms. The molecule has 3 rings (SSSR count). The van der Waals surface area contributed by atoms with Crippen LogP contribution in [0.15, 0.2) is 30.7 Å². The quantitative estimate of drug-likeness (QED) is 0.356. The van der Waals surface area contributed by atoms with Crippen molar-refractivity contribution >= 4 is 29.3 Å². The molecule has 1 N–H and O–H groups in total. The number of hydrogen-bond donors (Lipinski definition) is 1. The average molecular weight is 414 g/mol. The lowest BCUT2D eigenvalue weighted by Gasteiger charge is -2.17. The number of anilines is 3. The van der Waals surface area contributed by atoms with Gasteiger partial charge in [-0.1, -0.05) is 0 Å². The first-order chi connectivity index (χ1) is 14.2. The van der Waals surface area contributed by atoms with E-state index in [9.17, 15) is 19.3 Å². The fraction of sp³-hybridized carbons (Fsp3) is 0.211. The molecule has 0 atom stereocenters. The molecule has 0 aliphatic heterocycles. The lowest BCUT2D eigenvalue weighted by molar-refractivity contribution is -0.384. The number of hydrogen-bond acceptors (Lipinski definition) is 8. The number of nitrogens with one attached hydrogen (secondary N) is 1. The van der Waals surface area contributed by atoms with Crippen molar-refractivity contribution in [2.75, 3.05) is 31.4 Å². The van der Waals surface area contributed by atoms with Crippen LogP contribution in [-0.4, -0.2) is 46.9 Å². The maximum atomic E-state index is 14.3. The summed E-state index contributed by atoms with van der Waals surface area (Å²) in [5.41, 5.74) is 1.51. The Kier molecular flexibility index (Phi) is 5.63. The molecule has 0 radical (unpaired) electrons. The summed E-state index contributed by atoms with van der Waals surface area (Å²) in [6.07, 6.45) is 4.65. The number of nitro groups is 1. The average Bonchev–Trinajstić information content (AvgIpc) is 3.09. The predicted octanol–water partition coefficient (Wildman–Crippen LogP) is 3.25. The number of benzene rings is 1. The third-order valence-corrected chi connectivity index (χ3v) is 4.39. The largest absolute Gasteiger partial charge is 0.494 e. The molecule has 3 aromatic rings. The summed E-state index contributed by atoms with van der Waals surface area (Å²) in [5, 5.41) is 14.3. The molecule has 0 aliphatic rings. The Hall–Kier alpha value is -4.02. The van der Waals surface area contributed by atoms with Gasteiger partial charge < -0.3 is 19.5 Å². The first-order valence-corrected chi connectivity index (χ1v) is 8.72. The molecule has 0 fully saturated rings. The molecule has 0 saturated heterocycles. The van der Waals surface area contributed by atoms with Gasteiger partial charge in [0.25, 0.3) is 5.69 Å². The number of methoxy groups -OCH3 is 1. The van der Waals surface area contributed by atoms with E-state index in [2.05, 4.69) is 15.3 Å². The fourth-order valence-corrected chi connectivity index (χ4v) is 2.87. The van der Waals surface area contributed by atoms with Crippen LogP contribution in [0, 0.1) is 22.9 Å². The fourth-order valence-electron chi connectivity index (χ4n) is 2.87. The van der Waals surface area contributed by atoms with E-state index < -0.39 is 10.7 Å². The molecular formula is C19H19FN6O4. The zero-order chi connectivity index (χ0) is 22.0. The zero-order valence-corrected chi connectivity index (χ0v) is 16.7. The number of ether oxygens (including phenoxy) is 1. The van der Waals surface area contributed by atoms with Gasteiger partial charge in [0, 0.05) is 44.2 Å². The van der Waals surface area contributed by atoms with Crippen LogP contribution < -0.4 is 15.0 Å². The van der Waals surface area contributed by atoms with Crippen LogP contribution in [0.4, 0.5) is 27.4 Å². The number of halogens is 1. The second kappa shape index (κ2) is 8.15. The zero-order valence-electron chi connectivity index (χ0n) is 16.7. The lowest BCUT2D eigenvalue weighted by atomic mass is 10.2. The first kappa shape index (κ1) is 20.7. The SMILES string of the molecule is COc1cc(N(C)C)c([N+](=O)[O-])cc1Nc1ncc(F)c(-n2cc(C)c(C=O)c2)n1. The van der Waals surface area contributed by atoms with Crippen LogP contribution in [0.1, 0.15) is 15.9 Å². The van der Waals surface area contributed by atoms with Gasteiger partial charge >= 0.3 is 0 Å². The number of carbonyl (C=O) groups excluding carboxylic acids is 1. The van der Waals surface area contributed by atoms with Crippen molar-refractivity contribution in [2.45, 2.75) is 6.92 Å². The van der Waals surface area contributed by atoms with Crippen LogP contribution in [-0.2, 0) is 0 Å². The Morgan fingerprint density at radius 1 is 1.33 bits per heavy atom. The lowest BCUT2D eigenvalue weighted by Crippen LogP contribution is -2.12. The van der Waals surface area contributed by atoms with Crippen molar-refractivity contribution in [1.29, 1.82) is 0 Å². The van der Waals surface area contributed by atoms with Gasteiger partial charge in [0.15, 0.2) is 17.9 Å². The van der Waals surface area contributed by atoms with Crippen molar-refractivity contribution in [3.05, 3.63) is 57.8 Å². The number of nitrogens with zero attached hydrogens (tertiary/aromatic N) is 5. The van der Waals surface area contributed by atoms with Crippen LogP contribution in [0.2, 0.25) is 0 Å². The monoisotopic (exact) mass is 414 g/mol. The number of aromatic nitrogens is 3. The highest BCUT2D eigenvalue weighted by Gasteiger charge is 2.21. The molecule has 2 heterocycles. The molecule has 156 valence electrons. The number of nitro benzene ring substituents is 1. The number of carbonyl (C=O) groups is 1. The Labute approximate surface area is 171 Å². The minimum atomic E-state index is -0.700. The van der Waals surface area contributed by atoms with E-state index in [-0.39, 0.29) is 23.1 Å². The van der Waals surface area contributed by atoms with Crippen molar-refractivity contribution in [1.82, 2.24) is 14.5 Å². The Morgan fingerprint density at radius 2 is 2.07 bits per heavy atom. The summed E-state index contributed by atoms with van der Waals surface area (Å²) in [6.45, 7) is 1.72. The van der Waals surface area contributed by atoms with Gasteiger partial charge in [0.2, 0.25) is 5.95 Å². The van der Waals surface area contributed by atoms with Crippen LogP contribution in [0.25, 0.3) is 5.82 Å². The Morgan fingerprint density at radius 3 is 2.63 bits per heavy atom. The molecule has 0 bridgehead atoms. The highest BCUT2D eigenvalue weighted by Crippen LogP contribution is 2.38. The van der Waals surface area contributed by atoms with Gasteiger partial charge in [0.1, 0.15) is 11.4 Å². The van der Waals surface area contributed by atoms with E-state index in [1.165, 1.54) is 30.0 Å². The molecule has 0 saturated carbocycles. The minimum Gasteiger partial charge on any atom is -0.494 e. The first-order valence-electron chi connectivity index (χ1n) is 8.72. The molecule has 0 unspecified atom stereocenters. The van der Waals surface area contributed by atoms with Crippen LogP contribution in [0.5, 0.6) is 5.75 Å². The third kappa shape index (κ3) is 3.90. The van der Waals surface area contributed by atoms with Gasteiger partial charge in [-0.25, -0.2) is 9.37 Å². The molecule has 0 amide bonds. The molecule has 0 spiro atoms. The molecule has 10 nitrogen and oxygen atoms in total. The maximum absolute atomic E-state index is 14.3. The number of rotatable bonds is 7. The maximum Gasteiger partial charge on any atom is 0.294 e. The van der Waals surface area contributed by atoms with E-state index in [1.54, 1.807) is 32.1 Å². The standard InChI is InChI=1S/C19H19FN6O4/c1-11-8-25(9-12(11)10-27)18-13(20)7-21-19(23-18)22-14-5-16(26(28)29)15(24(2)3)6-17(14)30-4/h5-10H,1-4H3,(H,21,22,23). The smallest absolute Gasteiger partial charge is 0.294 e. The van der Waals surface area contributed by atoms with Crippen molar-refractivity contribution in [3.63, 3.8) is 0 Å². The van der Waals surface area contributed by atoms with Gasteiger partial charge in [-0.15, -0.1) is 0 Å². The summed E-state index contributed by atoms with van der Waals surface area (Å²) in [5.74, 6) is -0.467. The van der Waals surface area contributed by atoms with Gasteiger partial charge in [-0.3, -0.25) is 14.9 Å².